The third kappa shape index (κ3) is 1.90. The van der Waals surface area contributed by atoms with Crippen LogP contribution in [0, 0.1) is 6.92 Å². The first-order chi connectivity index (χ1) is 7.16. The zero-order valence-corrected chi connectivity index (χ0v) is 8.34. The monoisotopic (exact) mass is 207 g/mol. The summed E-state index contributed by atoms with van der Waals surface area (Å²) in [4.78, 5) is 11.2. The molecule has 7 nitrogen and oxygen atoms in total. The van der Waals surface area contributed by atoms with E-state index in [-0.39, 0.29) is 12.3 Å². The van der Waals surface area contributed by atoms with Gasteiger partial charge in [0.15, 0.2) is 5.78 Å². The summed E-state index contributed by atoms with van der Waals surface area (Å²) in [6.45, 7) is 3.41. The van der Waals surface area contributed by atoms with Crippen LogP contribution in [-0.2, 0) is 6.54 Å². The van der Waals surface area contributed by atoms with Crippen LogP contribution in [0.1, 0.15) is 29.2 Å². The van der Waals surface area contributed by atoms with Gasteiger partial charge in [0, 0.05) is 13.8 Å². The van der Waals surface area contributed by atoms with E-state index in [2.05, 4.69) is 20.5 Å². The molecule has 0 amide bonds. The summed E-state index contributed by atoms with van der Waals surface area (Å²) in [5.74, 6) is 0.784. The Morgan fingerprint density at radius 3 is 2.93 bits per heavy atom. The Balaban J connectivity index is 2.24. The van der Waals surface area contributed by atoms with Crippen LogP contribution in [-0.4, -0.2) is 31.0 Å². The smallest absolute Gasteiger partial charge is 0.238 e. The first-order valence-electron chi connectivity index (χ1n) is 4.35. The normalized spacial score (nSPS) is 10.5. The van der Waals surface area contributed by atoms with E-state index in [9.17, 15) is 4.79 Å². The number of hydrogen-bond acceptors (Lipinski definition) is 6. The highest BCUT2D eigenvalue weighted by molar-refractivity contribution is 5.91. The Labute approximate surface area is 85.1 Å². The first-order valence-corrected chi connectivity index (χ1v) is 4.35. The van der Waals surface area contributed by atoms with Gasteiger partial charge in [-0.05, 0) is 0 Å². The lowest BCUT2D eigenvalue weighted by Gasteiger charge is -1.98. The van der Waals surface area contributed by atoms with Gasteiger partial charge in [-0.25, -0.2) is 4.68 Å². The maximum atomic E-state index is 11.2. The predicted octanol–water partition coefficient (Wildman–Crippen LogP) is 0.220. The van der Waals surface area contributed by atoms with E-state index in [1.165, 1.54) is 17.8 Å². The van der Waals surface area contributed by atoms with Gasteiger partial charge in [-0.3, -0.25) is 4.79 Å². The Morgan fingerprint density at radius 1 is 1.53 bits per heavy atom. The summed E-state index contributed by atoms with van der Waals surface area (Å²) in [5.41, 5.74) is 0.422. The standard InChI is InChI=1S/C8H9N5O2/c1-5(14)7-3-9-12-13(7)4-8-11-10-6(2)15-8/h3H,4H2,1-2H3. The number of nitrogens with zero attached hydrogens (tertiary/aromatic N) is 5. The molecule has 0 spiro atoms. The second-order valence-electron chi connectivity index (χ2n) is 3.05. The molecule has 78 valence electrons. The fourth-order valence-electron chi connectivity index (χ4n) is 1.18. The van der Waals surface area contributed by atoms with Gasteiger partial charge in [-0.1, -0.05) is 5.21 Å². The van der Waals surface area contributed by atoms with Crippen LogP contribution in [0.25, 0.3) is 0 Å². The molecule has 2 aromatic rings. The molecule has 2 aromatic heterocycles. The molecule has 0 saturated heterocycles. The molecule has 0 unspecified atom stereocenters. The average molecular weight is 207 g/mol. The molecular weight excluding hydrogens is 198 g/mol. The topological polar surface area (TPSA) is 86.7 Å². The highest BCUT2D eigenvalue weighted by atomic mass is 16.4. The highest BCUT2D eigenvalue weighted by Crippen LogP contribution is 2.03. The molecule has 2 heterocycles. The Morgan fingerprint density at radius 2 is 2.33 bits per heavy atom. The van der Waals surface area contributed by atoms with Crippen molar-refractivity contribution in [3.63, 3.8) is 0 Å². The molecule has 0 aromatic carbocycles. The van der Waals surface area contributed by atoms with Gasteiger partial charge >= 0.3 is 0 Å². The van der Waals surface area contributed by atoms with Crippen LogP contribution < -0.4 is 0 Å². The van der Waals surface area contributed by atoms with Crippen LogP contribution >= 0.6 is 0 Å². The van der Waals surface area contributed by atoms with Crippen molar-refractivity contribution in [3.05, 3.63) is 23.7 Å². The number of aromatic nitrogens is 5. The Bertz CT molecular complexity index is 487. The van der Waals surface area contributed by atoms with Crippen molar-refractivity contribution in [2.45, 2.75) is 20.4 Å². The lowest BCUT2D eigenvalue weighted by molar-refractivity contribution is 0.100. The van der Waals surface area contributed by atoms with Gasteiger partial charge in [-0.2, -0.15) is 0 Å². The summed E-state index contributed by atoms with van der Waals surface area (Å²) in [6.07, 6.45) is 1.41. The summed E-state index contributed by atoms with van der Waals surface area (Å²) < 4.78 is 6.60. The number of ketones is 1. The molecular formula is C8H9N5O2. The van der Waals surface area contributed by atoms with E-state index < -0.39 is 0 Å². The minimum absolute atomic E-state index is 0.101. The van der Waals surface area contributed by atoms with E-state index in [0.29, 0.717) is 17.5 Å². The van der Waals surface area contributed by atoms with Gasteiger partial charge < -0.3 is 4.42 Å². The molecule has 0 fully saturated rings. The fraction of sp³-hybridized carbons (Fsp3) is 0.375. The van der Waals surface area contributed by atoms with Crippen molar-refractivity contribution >= 4 is 5.78 Å². The summed E-state index contributed by atoms with van der Waals surface area (Å²) in [6, 6.07) is 0. The van der Waals surface area contributed by atoms with Gasteiger partial charge in [0.05, 0.1) is 6.20 Å². The molecule has 7 heteroatoms. The second kappa shape index (κ2) is 3.60. The predicted molar refractivity (Wildman–Crippen MR) is 48.2 cm³/mol. The molecule has 0 aliphatic rings. The van der Waals surface area contributed by atoms with E-state index in [4.69, 9.17) is 4.42 Å². The maximum absolute atomic E-state index is 11.2. The summed E-state index contributed by atoms with van der Waals surface area (Å²) in [5, 5.41) is 14.9. The van der Waals surface area contributed by atoms with E-state index in [1.807, 2.05) is 0 Å². The Kier molecular flexibility index (Phi) is 2.28. The van der Waals surface area contributed by atoms with Crippen LogP contribution in [0.4, 0.5) is 0 Å². The third-order valence-electron chi connectivity index (χ3n) is 1.83. The quantitative estimate of drug-likeness (QED) is 0.669. The van der Waals surface area contributed by atoms with Crippen molar-refractivity contribution in [3.8, 4) is 0 Å². The minimum Gasteiger partial charge on any atom is -0.424 e. The van der Waals surface area contributed by atoms with Crippen molar-refractivity contribution in [2.24, 2.45) is 0 Å². The lowest BCUT2D eigenvalue weighted by Crippen LogP contribution is -2.09. The number of carbonyl (C=O) groups excluding carboxylic acids is 1. The zero-order valence-electron chi connectivity index (χ0n) is 8.34. The molecule has 2 rings (SSSR count). The highest BCUT2D eigenvalue weighted by Gasteiger charge is 2.11. The SMILES string of the molecule is CC(=O)c1cnnn1Cc1nnc(C)o1. The van der Waals surface area contributed by atoms with Gasteiger partial charge in [0.1, 0.15) is 12.2 Å². The van der Waals surface area contributed by atoms with Crippen LogP contribution in [0.3, 0.4) is 0 Å². The second-order valence-corrected chi connectivity index (χ2v) is 3.05. The van der Waals surface area contributed by atoms with E-state index in [1.54, 1.807) is 6.92 Å². The third-order valence-corrected chi connectivity index (χ3v) is 1.83. The van der Waals surface area contributed by atoms with Crippen molar-refractivity contribution in [1.29, 1.82) is 0 Å². The zero-order chi connectivity index (χ0) is 10.8. The van der Waals surface area contributed by atoms with Gasteiger partial charge in [0.2, 0.25) is 11.8 Å². The maximum Gasteiger partial charge on any atom is 0.238 e. The number of Topliss-reactive ketones (excluding diaryl/α,β-unsaturated/α-hetero) is 1. The number of aryl methyl sites for hydroxylation is 1. The molecule has 15 heavy (non-hydrogen) atoms. The van der Waals surface area contributed by atoms with E-state index in [0.717, 1.165) is 0 Å². The molecule has 0 atom stereocenters. The van der Waals surface area contributed by atoms with Crippen molar-refractivity contribution < 1.29 is 9.21 Å². The summed E-state index contributed by atoms with van der Waals surface area (Å²) >= 11 is 0. The molecule has 0 aliphatic heterocycles. The van der Waals surface area contributed by atoms with Crippen molar-refractivity contribution in [1.82, 2.24) is 25.2 Å². The van der Waals surface area contributed by atoms with Crippen LogP contribution in [0.5, 0.6) is 0 Å². The van der Waals surface area contributed by atoms with Gasteiger partial charge in [-0.15, -0.1) is 15.3 Å². The molecule has 0 N–H and O–H groups in total. The van der Waals surface area contributed by atoms with E-state index >= 15 is 0 Å². The van der Waals surface area contributed by atoms with Gasteiger partial charge in [0.25, 0.3) is 0 Å². The van der Waals surface area contributed by atoms with Crippen LogP contribution in [0.15, 0.2) is 10.6 Å². The molecule has 0 bridgehead atoms. The van der Waals surface area contributed by atoms with Crippen molar-refractivity contribution in [2.75, 3.05) is 0 Å². The number of hydrogen-bond donors (Lipinski definition) is 0. The molecule has 0 radical (unpaired) electrons. The minimum atomic E-state index is -0.101. The van der Waals surface area contributed by atoms with Crippen LogP contribution in [0.2, 0.25) is 0 Å². The first kappa shape index (κ1) is 9.50. The number of rotatable bonds is 3. The fourth-order valence-corrected chi connectivity index (χ4v) is 1.18. The number of carbonyl (C=O) groups is 1. The molecule has 0 aliphatic carbocycles. The summed E-state index contributed by atoms with van der Waals surface area (Å²) in [7, 11) is 0. The molecule has 0 saturated carbocycles. The largest absolute Gasteiger partial charge is 0.424 e. The average Bonchev–Trinajstić information content (AvgIpc) is 2.75. The lowest BCUT2D eigenvalue weighted by atomic mass is 10.3. The Hall–Kier alpha value is -2.05.